The van der Waals surface area contributed by atoms with Gasteiger partial charge in [-0.3, -0.25) is 14.6 Å². The number of halogens is 4. The van der Waals surface area contributed by atoms with E-state index in [4.69, 9.17) is 9.26 Å². The van der Waals surface area contributed by atoms with Gasteiger partial charge in [0.15, 0.2) is 5.13 Å². The van der Waals surface area contributed by atoms with Crippen LogP contribution in [0.3, 0.4) is 0 Å². The zero-order valence-electron chi connectivity index (χ0n) is 16.0. The topological polar surface area (TPSA) is 80.9 Å². The van der Waals surface area contributed by atoms with Crippen molar-refractivity contribution in [2.24, 2.45) is 0 Å². The van der Waals surface area contributed by atoms with Crippen molar-refractivity contribution in [2.45, 2.75) is 6.36 Å². The van der Waals surface area contributed by atoms with Crippen molar-refractivity contribution in [1.29, 1.82) is 0 Å². The van der Waals surface area contributed by atoms with Crippen molar-refractivity contribution in [3.8, 4) is 5.75 Å². The minimum Gasteiger partial charge on any atom is -0.406 e. The molecule has 0 spiro atoms. The number of fused-ring (bicyclic) bond motifs is 1. The van der Waals surface area contributed by atoms with Crippen molar-refractivity contribution in [3.05, 3.63) is 36.2 Å². The third-order valence-corrected chi connectivity index (χ3v) is 5.49. The summed E-state index contributed by atoms with van der Waals surface area (Å²) >= 11 is 1.10. The lowest BCUT2D eigenvalue weighted by atomic mass is 10.3. The molecule has 0 aliphatic carbocycles. The highest BCUT2D eigenvalue weighted by molar-refractivity contribution is 7.22. The summed E-state index contributed by atoms with van der Waals surface area (Å²) in [5.41, 5.74) is 0.464. The van der Waals surface area contributed by atoms with Gasteiger partial charge in [0.2, 0.25) is 5.76 Å². The van der Waals surface area contributed by atoms with Gasteiger partial charge in [-0.2, -0.15) is 0 Å². The number of nitrogens with zero attached hydrogens (tertiary/aromatic N) is 4. The van der Waals surface area contributed by atoms with E-state index in [1.807, 2.05) is 0 Å². The second-order valence-electron chi connectivity index (χ2n) is 6.46. The highest BCUT2D eigenvalue weighted by Crippen LogP contribution is 2.33. The van der Waals surface area contributed by atoms with Crippen molar-refractivity contribution in [1.82, 2.24) is 15.0 Å². The maximum atomic E-state index is 13.0. The predicted octanol–water partition coefficient (Wildman–Crippen LogP) is 3.58. The number of rotatable bonds is 6. The van der Waals surface area contributed by atoms with Crippen LogP contribution in [0.4, 0.5) is 18.3 Å². The summed E-state index contributed by atoms with van der Waals surface area (Å²) in [7, 11) is 0. The number of hydrogen-bond donors (Lipinski definition) is 0. The standard InChI is InChI=1S/C18H17F3N4O4S.ClH/c19-18(20,21)28-12-1-2-13-15(11-12)30-17(23-13)25(16(26)14-3-4-22-29-14)6-5-24-7-9-27-10-8-24;/h1-4,11H,5-10H2;1H. The molecule has 2 aromatic heterocycles. The highest BCUT2D eigenvalue weighted by atomic mass is 35.5. The summed E-state index contributed by atoms with van der Waals surface area (Å²) < 4.78 is 52.3. The lowest BCUT2D eigenvalue weighted by Gasteiger charge is -2.28. The molecule has 0 radical (unpaired) electrons. The number of aromatic nitrogens is 2. The van der Waals surface area contributed by atoms with E-state index in [0.29, 0.717) is 41.7 Å². The lowest BCUT2D eigenvalue weighted by molar-refractivity contribution is -0.274. The Labute approximate surface area is 184 Å². The summed E-state index contributed by atoms with van der Waals surface area (Å²) in [5.74, 6) is -0.712. The molecule has 0 unspecified atom stereocenters. The quantitative estimate of drug-likeness (QED) is 0.535. The van der Waals surface area contributed by atoms with Crippen LogP contribution in [0.5, 0.6) is 5.75 Å². The highest BCUT2D eigenvalue weighted by Gasteiger charge is 2.31. The first-order valence-electron chi connectivity index (χ1n) is 9.08. The van der Waals surface area contributed by atoms with Crippen molar-refractivity contribution < 1.29 is 32.0 Å². The largest absolute Gasteiger partial charge is 0.573 e. The maximum Gasteiger partial charge on any atom is 0.573 e. The van der Waals surface area contributed by atoms with Crippen molar-refractivity contribution >= 4 is 45.0 Å². The normalized spacial score (nSPS) is 14.9. The van der Waals surface area contributed by atoms with E-state index in [0.717, 1.165) is 24.4 Å². The molecule has 3 aromatic rings. The van der Waals surface area contributed by atoms with Crippen LogP contribution in [0.25, 0.3) is 10.2 Å². The number of alkyl halides is 3. The summed E-state index contributed by atoms with van der Waals surface area (Å²) in [6.07, 6.45) is -3.42. The molecule has 8 nitrogen and oxygen atoms in total. The molecule has 0 N–H and O–H groups in total. The zero-order valence-corrected chi connectivity index (χ0v) is 17.6. The van der Waals surface area contributed by atoms with E-state index in [1.165, 1.54) is 35.4 Å². The number of carbonyl (C=O) groups excluding carboxylic acids is 1. The smallest absolute Gasteiger partial charge is 0.406 e. The summed E-state index contributed by atoms with van der Waals surface area (Å²) in [6, 6.07) is 5.32. The number of ether oxygens (including phenoxy) is 2. The molecule has 1 aliphatic rings. The minimum absolute atomic E-state index is 0. The summed E-state index contributed by atoms with van der Waals surface area (Å²) in [4.78, 5) is 21.0. The molecule has 168 valence electrons. The summed E-state index contributed by atoms with van der Waals surface area (Å²) in [6.45, 7) is 3.66. The first-order valence-corrected chi connectivity index (χ1v) is 9.90. The SMILES string of the molecule is Cl.O=C(c1ccno1)N(CCN1CCOCC1)c1nc2ccc(OC(F)(F)F)cc2s1. The van der Waals surface area contributed by atoms with Gasteiger partial charge in [0.1, 0.15) is 5.75 Å². The fourth-order valence-corrected chi connectivity index (χ4v) is 4.03. The molecular formula is C18H18ClF3N4O4S. The van der Waals surface area contributed by atoms with Crippen LogP contribution >= 0.6 is 23.7 Å². The van der Waals surface area contributed by atoms with Gasteiger partial charge in [-0.15, -0.1) is 25.6 Å². The molecule has 1 aromatic carbocycles. The predicted molar refractivity (Wildman–Crippen MR) is 109 cm³/mol. The molecule has 3 heterocycles. The number of hydrogen-bond acceptors (Lipinski definition) is 8. The Hall–Kier alpha value is -2.41. The third-order valence-electron chi connectivity index (χ3n) is 4.45. The van der Waals surface area contributed by atoms with Crippen molar-refractivity contribution in [2.75, 3.05) is 44.3 Å². The van der Waals surface area contributed by atoms with Gasteiger partial charge < -0.3 is 14.0 Å². The Balaban J connectivity index is 0.00000272. The summed E-state index contributed by atoms with van der Waals surface area (Å²) in [5, 5.41) is 3.92. The molecule has 1 fully saturated rings. The Bertz CT molecular complexity index is 1010. The van der Waals surface area contributed by atoms with Crippen LogP contribution in [-0.2, 0) is 4.74 Å². The number of carbonyl (C=O) groups is 1. The lowest BCUT2D eigenvalue weighted by Crippen LogP contribution is -2.43. The van der Waals surface area contributed by atoms with E-state index < -0.39 is 12.3 Å². The van der Waals surface area contributed by atoms with Crippen LogP contribution in [0, 0.1) is 0 Å². The fraction of sp³-hybridized carbons (Fsp3) is 0.389. The second-order valence-corrected chi connectivity index (χ2v) is 7.47. The van der Waals surface area contributed by atoms with E-state index in [2.05, 4.69) is 19.8 Å². The average molecular weight is 479 g/mol. The zero-order chi connectivity index (χ0) is 21.1. The monoisotopic (exact) mass is 478 g/mol. The molecule has 1 aliphatic heterocycles. The van der Waals surface area contributed by atoms with Crippen LogP contribution in [-0.4, -0.2) is 66.7 Å². The number of anilines is 1. The van der Waals surface area contributed by atoms with Gasteiger partial charge in [-0.1, -0.05) is 16.5 Å². The molecule has 13 heteroatoms. The average Bonchev–Trinajstić information content (AvgIpc) is 3.37. The van der Waals surface area contributed by atoms with Crippen LogP contribution in [0.2, 0.25) is 0 Å². The Morgan fingerprint density at radius 1 is 1.26 bits per heavy atom. The molecular weight excluding hydrogens is 461 g/mol. The van der Waals surface area contributed by atoms with E-state index >= 15 is 0 Å². The Morgan fingerprint density at radius 3 is 2.71 bits per heavy atom. The van der Waals surface area contributed by atoms with Gasteiger partial charge in [0, 0.05) is 38.3 Å². The third kappa shape index (κ3) is 5.85. The Morgan fingerprint density at radius 2 is 2.03 bits per heavy atom. The van der Waals surface area contributed by atoms with Crippen LogP contribution in [0.1, 0.15) is 10.6 Å². The first-order chi connectivity index (χ1) is 14.4. The number of amides is 1. The fourth-order valence-electron chi connectivity index (χ4n) is 3.01. The second kappa shape index (κ2) is 9.81. The number of thiazole rings is 1. The molecule has 0 atom stereocenters. The molecule has 31 heavy (non-hydrogen) atoms. The first kappa shape index (κ1) is 23.3. The van der Waals surface area contributed by atoms with E-state index in [9.17, 15) is 18.0 Å². The van der Waals surface area contributed by atoms with Crippen LogP contribution < -0.4 is 9.64 Å². The molecule has 4 rings (SSSR count). The number of benzene rings is 1. The molecule has 1 amide bonds. The van der Waals surface area contributed by atoms with Crippen molar-refractivity contribution in [3.63, 3.8) is 0 Å². The van der Waals surface area contributed by atoms with Gasteiger partial charge in [0.25, 0.3) is 5.91 Å². The minimum atomic E-state index is -4.78. The molecule has 1 saturated heterocycles. The molecule has 0 saturated carbocycles. The number of morpholine rings is 1. The Kier molecular flexibility index (Phi) is 7.36. The van der Waals surface area contributed by atoms with Gasteiger partial charge in [-0.05, 0) is 12.1 Å². The van der Waals surface area contributed by atoms with Gasteiger partial charge in [-0.25, -0.2) is 4.98 Å². The van der Waals surface area contributed by atoms with Crippen LogP contribution in [0.15, 0.2) is 35.0 Å². The molecule has 0 bridgehead atoms. The van der Waals surface area contributed by atoms with E-state index in [1.54, 1.807) is 0 Å². The van der Waals surface area contributed by atoms with E-state index in [-0.39, 0.29) is 23.9 Å². The maximum absolute atomic E-state index is 13.0. The van der Waals surface area contributed by atoms with Gasteiger partial charge >= 0.3 is 6.36 Å². The van der Waals surface area contributed by atoms with Gasteiger partial charge in [0.05, 0.1) is 29.6 Å².